The fourth-order valence-electron chi connectivity index (χ4n) is 3.21. The van der Waals surface area contributed by atoms with Crippen molar-refractivity contribution in [3.8, 4) is 0 Å². The standard InChI is InChI=1S/C14H15F3N2O/c15-14(16,17)12-4-1-8(7-18-12)13(20)9-5-10-2-3-11(6-9)19-10/h1,4,7,9-11,19H,2-3,5-6H2. The van der Waals surface area contributed by atoms with Crippen molar-refractivity contribution >= 4 is 5.78 Å². The lowest BCUT2D eigenvalue weighted by Crippen LogP contribution is -2.40. The molecule has 1 N–H and O–H groups in total. The summed E-state index contributed by atoms with van der Waals surface area (Å²) in [5.41, 5.74) is -0.677. The Kier molecular flexibility index (Phi) is 3.28. The molecule has 0 saturated carbocycles. The van der Waals surface area contributed by atoms with Crippen LogP contribution in [0.2, 0.25) is 0 Å². The summed E-state index contributed by atoms with van der Waals surface area (Å²) in [6, 6.07) is 2.88. The minimum absolute atomic E-state index is 0.0791. The fraction of sp³-hybridized carbons (Fsp3) is 0.571. The third kappa shape index (κ3) is 2.57. The first-order valence-corrected chi connectivity index (χ1v) is 6.77. The normalized spacial score (nSPS) is 29.4. The van der Waals surface area contributed by atoms with Gasteiger partial charge in [0.15, 0.2) is 5.78 Å². The average Bonchev–Trinajstić information content (AvgIpc) is 2.76. The summed E-state index contributed by atoms with van der Waals surface area (Å²) < 4.78 is 37.3. The minimum Gasteiger partial charge on any atom is -0.311 e. The predicted octanol–water partition coefficient (Wildman–Crippen LogP) is 2.81. The highest BCUT2D eigenvalue weighted by atomic mass is 19.4. The van der Waals surface area contributed by atoms with E-state index in [9.17, 15) is 18.0 Å². The number of nitrogens with one attached hydrogen (secondary N) is 1. The highest BCUT2D eigenvalue weighted by Gasteiger charge is 2.37. The molecule has 2 aliphatic heterocycles. The molecule has 108 valence electrons. The van der Waals surface area contributed by atoms with Crippen LogP contribution in [0.25, 0.3) is 0 Å². The first-order chi connectivity index (χ1) is 9.43. The van der Waals surface area contributed by atoms with Crippen LogP contribution in [-0.2, 0) is 6.18 Å². The Morgan fingerprint density at radius 1 is 1.20 bits per heavy atom. The Morgan fingerprint density at radius 3 is 2.35 bits per heavy atom. The number of Topliss-reactive ketones (excluding diaryl/α,β-unsaturated/α-hetero) is 1. The molecule has 2 bridgehead atoms. The van der Waals surface area contributed by atoms with E-state index in [0.29, 0.717) is 12.1 Å². The Bertz CT molecular complexity index is 500. The Labute approximate surface area is 114 Å². The molecule has 2 saturated heterocycles. The highest BCUT2D eigenvalue weighted by molar-refractivity contribution is 5.97. The number of pyridine rings is 1. The lowest BCUT2D eigenvalue weighted by atomic mass is 9.86. The number of aromatic nitrogens is 1. The average molecular weight is 284 g/mol. The molecule has 3 heterocycles. The zero-order chi connectivity index (χ0) is 14.3. The van der Waals surface area contributed by atoms with Crippen LogP contribution in [0.4, 0.5) is 13.2 Å². The van der Waals surface area contributed by atoms with Gasteiger partial charge in [-0.1, -0.05) is 0 Å². The summed E-state index contributed by atoms with van der Waals surface area (Å²) in [5.74, 6) is -0.170. The maximum Gasteiger partial charge on any atom is 0.433 e. The summed E-state index contributed by atoms with van der Waals surface area (Å²) in [6.07, 6.45) is 0.302. The largest absolute Gasteiger partial charge is 0.433 e. The second-order valence-electron chi connectivity index (χ2n) is 5.60. The van der Waals surface area contributed by atoms with Gasteiger partial charge in [0.05, 0.1) is 0 Å². The van der Waals surface area contributed by atoms with E-state index in [-0.39, 0.29) is 17.3 Å². The number of nitrogens with zero attached hydrogens (tertiary/aromatic N) is 1. The molecule has 0 aliphatic carbocycles. The number of carbonyl (C=O) groups is 1. The second kappa shape index (κ2) is 4.84. The molecule has 0 aromatic carbocycles. The summed E-state index contributed by atoms with van der Waals surface area (Å²) in [4.78, 5) is 15.7. The smallest absolute Gasteiger partial charge is 0.311 e. The van der Waals surface area contributed by atoms with Gasteiger partial charge < -0.3 is 5.32 Å². The molecule has 0 radical (unpaired) electrons. The van der Waals surface area contributed by atoms with Crippen molar-refractivity contribution in [1.29, 1.82) is 0 Å². The van der Waals surface area contributed by atoms with Crippen LogP contribution < -0.4 is 5.32 Å². The lowest BCUT2D eigenvalue weighted by molar-refractivity contribution is -0.141. The number of alkyl halides is 3. The van der Waals surface area contributed by atoms with Crippen LogP contribution in [0.5, 0.6) is 0 Å². The summed E-state index contributed by atoms with van der Waals surface area (Å²) in [5, 5.41) is 3.44. The van der Waals surface area contributed by atoms with Crippen LogP contribution in [0.3, 0.4) is 0 Å². The zero-order valence-electron chi connectivity index (χ0n) is 10.8. The van der Waals surface area contributed by atoms with Crippen LogP contribution in [0.15, 0.2) is 18.3 Å². The Balaban J connectivity index is 1.74. The van der Waals surface area contributed by atoms with Gasteiger partial charge in [0.2, 0.25) is 0 Å². The number of hydrogen-bond donors (Lipinski definition) is 1. The van der Waals surface area contributed by atoms with Crippen LogP contribution in [0.1, 0.15) is 41.7 Å². The van der Waals surface area contributed by atoms with E-state index in [1.807, 2.05) is 0 Å². The quantitative estimate of drug-likeness (QED) is 0.849. The number of ketones is 1. The molecule has 20 heavy (non-hydrogen) atoms. The van der Waals surface area contributed by atoms with Crippen molar-refractivity contribution in [3.63, 3.8) is 0 Å². The van der Waals surface area contributed by atoms with E-state index >= 15 is 0 Å². The topological polar surface area (TPSA) is 42.0 Å². The van der Waals surface area contributed by atoms with E-state index < -0.39 is 11.9 Å². The second-order valence-corrected chi connectivity index (χ2v) is 5.60. The van der Waals surface area contributed by atoms with Gasteiger partial charge >= 0.3 is 6.18 Å². The molecule has 2 unspecified atom stereocenters. The molecule has 6 heteroatoms. The highest BCUT2D eigenvalue weighted by Crippen LogP contribution is 2.33. The number of piperidine rings is 1. The minimum atomic E-state index is -4.46. The van der Waals surface area contributed by atoms with Crippen LogP contribution >= 0.6 is 0 Å². The number of fused-ring (bicyclic) bond motifs is 2. The van der Waals surface area contributed by atoms with Crippen molar-refractivity contribution in [1.82, 2.24) is 10.3 Å². The first-order valence-electron chi connectivity index (χ1n) is 6.77. The number of rotatable bonds is 2. The Morgan fingerprint density at radius 2 is 1.85 bits per heavy atom. The van der Waals surface area contributed by atoms with Gasteiger partial charge in [-0.05, 0) is 37.8 Å². The van der Waals surface area contributed by atoms with Gasteiger partial charge in [0, 0.05) is 29.8 Å². The van der Waals surface area contributed by atoms with Crippen LogP contribution in [0, 0.1) is 5.92 Å². The molecule has 0 amide bonds. The van der Waals surface area contributed by atoms with Gasteiger partial charge in [0.25, 0.3) is 0 Å². The van der Waals surface area contributed by atoms with Gasteiger partial charge in [-0.15, -0.1) is 0 Å². The zero-order valence-corrected chi connectivity index (χ0v) is 10.8. The van der Waals surface area contributed by atoms with E-state index in [2.05, 4.69) is 10.3 Å². The lowest BCUT2D eigenvalue weighted by Gasteiger charge is -2.28. The molecule has 1 aromatic heterocycles. The first kappa shape index (κ1) is 13.5. The predicted molar refractivity (Wildman–Crippen MR) is 66.2 cm³/mol. The van der Waals surface area contributed by atoms with Crippen molar-refractivity contribution in [2.24, 2.45) is 5.92 Å². The van der Waals surface area contributed by atoms with Crippen LogP contribution in [-0.4, -0.2) is 22.9 Å². The number of halogens is 3. The third-order valence-corrected chi connectivity index (χ3v) is 4.18. The molecule has 3 rings (SSSR count). The Hall–Kier alpha value is -1.43. The maximum atomic E-state index is 12.4. The molecular formula is C14H15F3N2O. The van der Waals surface area contributed by atoms with Gasteiger partial charge in [-0.3, -0.25) is 9.78 Å². The summed E-state index contributed by atoms with van der Waals surface area (Å²) in [6.45, 7) is 0. The molecule has 3 nitrogen and oxygen atoms in total. The molecule has 1 aromatic rings. The van der Waals surface area contributed by atoms with Crippen molar-refractivity contribution < 1.29 is 18.0 Å². The van der Waals surface area contributed by atoms with E-state index in [0.717, 1.165) is 37.9 Å². The number of carbonyl (C=O) groups excluding carboxylic acids is 1. The molecule has 2 fully saturated rings. The van der Waals surface area contributed by atoms with Crippen molar-refractivity contribution in [2.45, 2.75) is 43.9 Å². The molecule has 2 atom stereocenters. The molecular weight excluding hydrogens is 269 g/mol. The van der Waals surface area contributed by atoms with Gasteiger partial charge in [-0.25, -0.2) is 0 Å². The SMILES string of the molecule is O=C(c1ccc(C(F)(F)F)nc1)C1CC2CCC(C1)N2. The van der Waals surface area contributed by atoms with E-state index in [1.54, 1.807) is 0 Å². The maximum absolute atomic E-state index is 12.4. The van der Waals surface area contributed by atoms with E-state index in [1.165, 1.54) is 6.07 Å². The summed E-state index contributed by atoms with van der Waals surface area (Å²) in [7, 11) is 0. The van der Waals surface area contributed by atoms with E-state index in [4.69, 9.17) is 0 Å². The number of hydrogen-bond acceptors (Lipinski definition) is 3. The van der Waals surface area contributed by atoms with Crippen molar-refractivity contribution in [3.05, 3.63) is 29.6 Å². The van der Waals surface area contributed by atoms with Gasteiger partial charge in [0.1, 0.15) is 5.69 Å². The third-order valence-electron chi connectivity index (χ3n) is 4.18. The fourth-order valence-corrected chi connectivity index (χ4v) is 3.21. The summed E-state index contributed by atoms with van der Waals surface area (Å²) >= 11 is 0. The monoisotopic (exact) mass is 284 g/mol. The van der Waals surface area contributed by atoms with Crippen molar-refractivity contribution in [2.75, 3.05) is 0 Å². The molecule has 0 spiro atoms. The molecule has 2 aliphatic rings. The van der Waals surface area contributed by atoms with Gasteiger partial charge in [-0.2, -0.15) is 13.2 Å².